The van der Waals surface area contributed by atoms with Crippen molar-refractivity contribution in [2.24, 2.45) is 0 Å². The normalized spacial score (nSPS) is 10.8. The first-order valence-corrected chi connectivity index (χ1v) is 7.94. The Kier molecular flexibility index (Phi) is 6.27. The second-order valence-electron chi connectivity index (χ2n) is 5.71. The van der Waals surface area contributed by atoms with Gasteiger partial charge in [-0.25, -0.2) is 4.79 Å². The molecule has 26 heavy (non-hydrogen) atoms. The Balaban J connectivity index is 1.97. The Hall–Kier alpha value is -3.41. The van der Waals surface area contributed by atoms with Crippen LogP contribution in [0.25, 0.3) is 0 Å². The highest BCUT2D eigenvalue weighted by Crippen LogP contribution is 2.12. The summed E-state index contributed by atoms with van der Waals surface area (Å²) in [5.41, 5.74) is 2.90. The van der Waals surface area contributed by atoms with Crippen molar-refractivity contribution in [3.63, 3.8) is 0 Å². The van der Waals surface area contributed by atoms with Crippen LogP contribution in [0.15, 0.2) is 60.2 Å². The molecular formula is C20H20N2O4. The second-order valence-corrected chi connectivity index (χ2v) is 5.71. The van der Waals surface area contributed by atoms with Crippen LogP contribution in [0.1, 0.15) is 22.8 Å². The van der Waals surface area contributed by atoms with Crippen molar-refractivity contribution in [3.8, 4) is 0 Å². The van der Waals surface area contributed by atoms with Gasteiger partial charge in [0.2, 0.25) is 5.91 Å². The maximum atomic E-state index is 12.2. The van der Waals surface area contributed by atoms with E-state index in [1.165, 1.54) is 13.2 Å². The summed E-state index contributed by atoms with van der Waals surface area (Å²) in [7, 11) is 1.30. The van der Waals surface area contributed by atoms with Crippen LogP contribution in [-0.2, 0) is 14.3 Å². The molecule has 0 atom stereocenters. The van der Waals surface area contributed by atoms with Crippen LogP contribution in [0.2, 0.25) is 0 Å². The summed E-state index contributed by atoms with van der Waals surface area (Å²) in [5, 5.41) is 5.36. The van der Waals surface area contributed by atoms with Gasteiger partial charge in [-0.2, -0.15) is 0 Å². The molecule has 134 valence electrons. The number of nitrogens with one attached hydrogen (secondary N) is 2. The Labute approximate surface area is 151 Å². The molecule has 2 amide bonds. The van der Waals surface area contributed by atoms with Crippen molar-refractivity contribution in [1.29, 1.82) is 0 Å². The van der Waals surface area contributed by atoms with E-state index in [4.69, 9.17) is 0 Å². The lowest BCUT2D eigenvalue weighted by molar-refractivity contribution is -0.114. The molecule has 0 saturated heterocycles. The average Bonchev–Trinajstić information content (AvgIpc) is 2.63. The standard InChI is InChI=1S/C20H20N2O4/c1-13-4-8-16(9-5-13)21-18(23)12-14(2)19(24)22-17-10-6-15(7-11-17)20(25)26-3/h4-12H,1-3H3,(H,21,23)(H,22,24)/b14-12+. The number of benzene rings is 2. The average molecular weight is 352 g/mol. The Morgan fingerprint density at radius 3 is 2.00 bits per heavy atom. The predicted molar refractivity (Wildman–Crippen MR) is 100.0 cm³/mol. The minimum Gasteiger partial charge on any atom is -0.465 e. The first-order chi connectivity index (χ1) is 12.4. The Bertz CT molecular complexity index is 837. The van der Waals surface area contributed by atoms with E-state index in [1.807, 2.05) is 19.1 Å². The molecule has 0 bridgehead atoms. The van der Waals surface area contributed by atoms with Gasteiger partial charge in [0.05, 0.1) is 12.7 Å². The highest BCUT2D eigenvalue weighted by molar-refractivity contribution is 6.10. The van der Waals surface area contributed by atoms with E-state index < -0.39 is 11.9 Å². The monoisotopic (exact) mass is 352 g/mol. The number of aryl methyl sites for hydroxylation is 1. The lowest BCUT2D eigenvalue weighted by Gasteiger charge is -2.07. The van der Waals surface area contributed by atoms with E-state index in [0.29, 0.717) is 16.9 Å². The fourth-order valence-corrected chi connectivity index (χ4v) is 2.11. The summed E-state index contributed by atoms with van der Waals surface area (Å²) in [6.45, 7) is 3.50. The largest absolute Gasteiger partial charge is 0.465 e. The molecule has 2 N–H and O–H groups in total. The van der Waals surface area contributed by atoms with Crippen LogP contribution in [0.3, 0.4) is 0 Å². The van der Waals surface area contributed by atoms with Crippen molar-refractivity contribution in [2.45, 2.75) is 13.8 Å². The fraction of sp³-hybridized carbons (Fsp3) is 0.150. The number of methoxy groups -OCH3 is 1. The van der Waals surface area contributed by atoms with Gasteiger partial charge < -0.3 is 15.4 Å². The number of anilines is 2. The van der Waals surface area contributed by atoms with Gasteiger partial charge in [-0.3, -0.25) is 9.59 Å². The maximum Gasteiger partial charge on any atom is 0.337 e. The van der Waals surface area contributed by atoms with Crippen molar-refractivity contribution in [3.05, 3.63) is 71.3 Å². The number of ether oxygens (including phenoxy) is 1. The molecule has 2 aromatic rings. The quantitative estimate of drug-likeness (QED) is 0.639. The van der Waals surface area contributed by atoms with E-state index in [2.05, 4.69) is 15.4 Å². The highest BCUT2D eigenvalue weighted by atomic mass is 16.5. The molecule has 0 saturated carbocycles. The molecule has 6 nitrogen and oxygen atoms in total. The lowest BCUT2D eigenvalue weighted by atomic mass is 10.2. The summed E-state index contributed by atoms with van der Waals surface area (Å²) in [6.07, 6.45) is 1.23. The van der Waals surface area contributed by atoms with Crippen LogP contribution >= 0.6 is 0 Å². The minimum atomic E-state index is -0.452. The third-order valence-electron chi connectivity index (χ3n) is 3.59. The molecule has 0 aliphatic heterocycles. The van der Waals surface area contributed by atoms with Gasteiger partial charge >= 0.3 is 5.97 Å². The number of esters is 1. The van der Waals surface area contributed by atoms with Gasteiger partial charge in [0, 0.05) is 23.0 Å². The molecule has 0 aliphatic carbocycles. The summed E-state index contributed by atoms with van der Waals surface area (Å²) in [5.74, 6) is -1.25. The number of carbonyl (C=O) groups is 3. The van der Waals surface area contributed by atoms with Crippen molar-refractivity contribution >= 4 is 29.2 Å². The Morgan fingerprint density at radius 2 is 1.42 bits per heavy atom. The van der Waals surface area contributed by atoms with Crippen molar-refractivity contribution in [2.75, 3.05) is 17.7 Å². The van der Waals surface area contributed by atoms with Crippen LogP contribution in [0.4, 0.5) is 11.4 Å². The first-order valence-electron chi connectivity index (χ1n) is 7.94. The van der Waals surface area contributed by atoms with Crippen molar-refractivity contribution < 1.29 is 19.1 Å². The number of hydrogen-bond donors (Lipinski definition) is 2. The molecule has 0 heterocycles. The van der Waals surface area contributed by atoms with Crippen LogP contribution < -0.4 is 10.6 Å². The number of hydrogen-bond acceptors (Lipinski definition) is 4. The molecule has 6 heteroatoms. The summed E-state index contributed by atoms with van der Waals surface area (Å²) < 4.78 is 4.61. The van der Waals surface area contributed by atoms with Gasteiger partial charge in [-0.1, -0.05) is 17.7 Å². The second kappa shape index (κ2) is 8.62. The third-order valence-corrected chi connectivity index (χ3v) is 3.59. The molecule has 0 unspecified atom stereocenters. The molecule has 0 fully saturated rings. The molecule has 2 aromatic carbocycles. The number of amides is 2. The van der Waals surface area contributed by atoms with Gasteiger partial charge in [-0.15, -0.1) is 0 Å². The smallest absolute Gasteiger partial charge is 0.337 e. The zero-order valence-corrected chi connectivity index (χ0v) is 14.8. The third kappa shape index (κ3) is 5.31. The van der Waals surface area contributed by atoms with Gasteiger partial charge in [-0.05, 0) is 50.2 Å². The molecule has 0 spiro atoms. The van der Waals surface area contributed by atoms with Gasteiger partial charge in [0.1, 0.15) is 0 Å². The minimum absolute atomic E-state index is 0.256. The maximum absolute atomic E-state index is 12.2. The van der Waals surface area contributed by atoms with Gasteiger partial charge in [0.15, 0.2) is 0 Å². The summed E-state index contributed by atoms with van der Waals surface area (Å²) in [4.78, 5) is 35.5. The SMILES string of the molecule is COC(=O)c1ccc(NC(=O)/C(C)=C/C(=O)Nc2ccc(C)cc2)cc1. The molecule has 0 aromatic heterocycles. The van der Waals surface area contributed by atoms with Gasteiger partial charge in [0.25, 0.3) is 5.91 Å². The van der Waals surface area contributed by atoms with Crippen LogP contribution in [0.5, 0.6) is 0 Å². The molecule has 0 radical (unpaired) electrons. The summed E-state index contributed by atoms with van der Waals surface area (Å²) in [6, 6.07) is 13.6. The molecule has 0 aliphatic rings. The van der Waals surface area contributed by atoms with Crippen LogP contribution in [-0.4, -0.2) is 24.9 Å². The van der Waals surface area contributed by atoms with E-state index in [1.54, 1.807) is 43.3 Å². The lowest BCUT2D eigenvalue weighted by Crippen LogP contribution is -2.16. The van der Waals surface area contributed by atoms with E-state index in [9.17, 15) is 14.4 Å². The predicted octanol–water partition coefficient (Wildman–Crippen LogP) is 3.31. The van der Waals surface area contributed by atoms with Crippen LogP contribution in [0, 0.1) is 6.92 Å². The first kappa shape index (κ1) is 18.9. The zero-order chi connectivity index (χ0) is 19.1. The number of carbonyl (C=O) groups excluding carboxylic acids is 3. The number of rotatable bonds is 5. The fourth-order valence-electron chi connectivity index (χ4n) is 2.11. The molecular weight excluding hydrogens is 332 g/mol. The Morgan fingerprint density at radius 1 is 0.885 bits per heavy atom. The van der Waals surface area contributed by atoms with E-state index in [0.717, 1.165) is 5.56 Å². The highest BCUT2D eigenvalue weighted by Gasteiger charge is 2.09. The topological polar surface area (TPSA) is 84.5 Å². The summed E-state index contributed by atoms with van der Waals surface area (Å²) >= 11 is 0. The molecule has 2 rings (SSSR count). The van der Waals surface area contributed by atoms with Crippen molar-refractivity contribution in [1.82, 2.24) is 0 Å². The van der Waals surface area contributed by atoms with E-state index >= 15 is 0 Å². The van der Waals surface area contributed by atoms with E-state index in [-0.39, 0.29) is 11.5 Å². The zero-order valence-electron chi connectivity index (χ0n) is 14.8.